The Morgan fingerprint density at radius 2 is 2.07 bits per heavy atom. The first-order valence-corrected chi connectivity index (χ1v) is 5.35. The summed E-state index contributed by atoms with van der Waals surface area (Å²) in [6.45, 7) is 0.291. The number of fused-ring (bicyclic) bond motifs is 1. The molecule has 1 aliphatic carbocycles. The number of aromatic nitrogens is 1. The van der Waals surface area contributed by atoms with Crippen LogP contribution in [-0.4, -0.2) is 16.7 Å². The van der Waals surface area contributed by atoms with E-state index in [1.165, 1.54) is 5.39 Å². The van der Waals surface area contributed by atoms with Crippen molar-refractivity contribution in [2.24, 2.45) is 5.92 Å². The van der Waals surface area contributed by atoms with E-state index in [2.05, 4.69) is 23.2 Å². The van der Waals surface area contributed by atoms with Crippen molar-refractivity contribution in [3.8, 4) is 0 Å². The standard InChI is InChI=1S/C13H13NO/c15-8-10-7-11(10)13-6-5-9-3-1-2-4-12(9)14-13/h1-6,10-11,15H,7-8H2. The lowest BCUT2D eigenvalue weighted by Crippen LogP contribution is -1.92. The maximum absolute atomic E-state index is 9.02. The van der Waals surface area contributed by atoms with Crippen LogP contribution in [0.1, 0.15) is 18.0 Å². The number of para-hydroxylation sites is 1. The fourth-order valence-electron chi connectivity index (χ4n) is 2.10. The minimum Gasteiger partial charge on any atom is -0.396 e. The summed E-state index contributed by atoms with van der Waals surface area (Å²) in [4.78, 5) is 4.62. The van der Waals surface area contributed by atoms with E-state index >= 15 is 0 Å². The second-order valence-electron chi connectivity index (χ2n) is 4.21. The van der Waals surface area contributed by atoms with Crippen LogP contribution in [0.3, 0.4) is 0 Å². The van der Waals surface area contributed by atoms with Gasteiger partial charge in [0.25, 0.3) is 0 Å². The average molecular weight is 199 g/mol. The molecule has 15 heavy (non-hydrogen) atoms. The Morgan fingerprint density at radius 1 is 1.20 bits per heavy atom. The third-order valence-electron chi connectivity index (χ3n) is 3.16. The number of hydrogen-bond donors (Lipinski definition) is 1. The van der Waals surface area contributed by atoms with Gasteiger partial charge in [-0.05, 0) is 24.5 Å². The molecule has 76 valence electrons. The number of hydrogen-bond acceptors (Lipinski definition) is 2. The number of aliphatic hydroxyl groups is 1. The van der Waals surface area contributed by atoms with Crippen LogP contribution < -0.4 is 0 Å². The molecule has 1 N–H and O–H groups in total. The van der Waals surface area contributed by atoms with Gasteiger partial charge in [0.05, 0.1) is 5.52 Å². The monoisotopic (exact) mass is 199 g/mol. The molecule has 1 fully saturated rings. The van der Waals surface area contributed by atoms with Crippen molar-refractivity contribution >= 4 is 10.9 Å². The molecule has 0 aliphatic heterocycles. The van der Waals surface area contributed by atoms with Gasteiger partial charge in [-0.1, -0.05) is 24.3 Å². The van der Waals surface area contributed by atoms with Crippen LogP contribution in [0.2, 0.25) is 0 Å². The second kappa shape index (κ2) is 3.31. The van der Waals surface area contributed by atoms with E-state index in [0.717, 1.165) is 17.6 Å². The third-order valence-corrected chi connectivity index (χ3v) is 3.16. The van der Waals surface area contributed by atoms with Crippen molar-refractivity contribution in [1.82, 2.24) is 4.98 Å². The van der Waals surface area contributed by atoms with Gasteiger partial charge in [-0.2, -0.15) is 0 Å². The Morgan fingerprint density at radius 3 is 2.87 bits per heavy atom. The summed E-state index contributed by atoms with van der Waals surface area (Å²) in [7, 11) is 0. The van der Waals surface area contributed by atoms with Crippen molar-refractivity contribution in [2.45, 2.75) is 12.3 Å². The Kier molecular flexibility index (Phi) is 1.96. The number of benzene rings is 1. The van der Waals surface area contributed by atoms with Gasteiger partial charge in [-0.15, -0.1) is 0 Å². The molecule has 1 aromatic carbocycles. The van der Waals surface area contributed by atoms with Crippen molar-refractivity contribution in [3.05, 3.63) is 42.1 Å². The van der Waals surface area contributed by atoms with E-state index in [9.17, 15) is 0 Å². The molecule has 0 bridgehead atoms. The molecular weight excluding hydrogens is 186 g/mol. The second-order valence-corrected chi connectivity index (χ2v) is 4.21. The first kappa shape index (κ1) is 8.86. The van der Waals surface area contributed by atoms with Crippen LogP contribution >= 0.6 is 0 Å². The summed E-state index contributed by atoms with van der Waals surface area (Å²) >= 11 is 0. The lowest BCUT2D eigenvalue weighted by atomic mass is 10.1. The SMILES string of the molecule is OCC1CC1c1ccc2ccccc2n1. The van der Waals surface area contributed by atoms with E-state index in [4.69, 9.17) is 5.11 Å². The Labute approximate surface area is 88.6 Å². The quantitative estimate of drug-likeness (QED) is 0.805. The molecule has 1 aliphatic rings. The van der Waals surface area contributed by atoms with Crippen LogP contribution in [0, 0.1) is 5.92 Å². The topological polar surface area (TPSA) is 33.1 Å². The van der Waals surface area contributed by atoms with E-state index in [1.54, 1.807) is 0 Å². The van der Waals surface area contributed by atoms with Crippen molar-refractivity contribution in [2.75, 3.05) is 6.61 Å². The first-order chi connectivity index (χ1) is 7.38. The van der Waals surface area contributed by atoms with Gasteiger partial charge >= 0.3 is 0 Å². The molecule has 2 atom stereocenters. The van der Waals surface area contributed by atoms with E-state index < -0.39 is 0 Å². The molecule has 0 radical (unpaired) electrons. The number of pyridine rings is 1. The molecule has 1 saturated carbocycles. The summed E-state index contributed by atoms with van der Waals surface area (Å²) in [6.07, 6.45) is 1.09. The predicted octanol–water partition coefficient (Wildman–Crippen LogP) is 2.33. The van der Waals surface area contributed by atoms with Gasteiger partial charge in [-0.25, -0.2) is 0 Å². The van der Waals surface area contributed by atoms with Crippen LogP contribution in [0.15, 0.2) is 36.4 Å². The summed E-state index contributed by atoms with van der Waals surface area (Å²) in [5.74, 6) is 0.929. The predicted molar refractivity (Wildman–Crippen MR) is 59.7 cm³/mol. The van der Waals surface area contributed by atoms with Crippen LogP contribution in [0.25, 0.3) is 10.9 Å². The number of aliphatic hydroxyl groups excluding tert-OH is 1. The van der Waals surface area contributed by atoms with Gasteiger partial charge in [0.15, 0.2) is 0 Å². The molecule has 1 heterocycles. The Bertz CT molecular complexity index is 495. The minimum absolute atomic E-state index is 0.291. The normalized spacial score (nSPS) is 24.3. The van der Waals surface area contributed by atoms with Gasteiger partial charge in [0, 0.05) is 23.6 Å². The summed E-state index contributed by atoms with van der Waals surface area (Å²) < 4.78 is 0. The summed E-state index contributed by atoms with van der Waals surface area (Å²) in [5, 5.41) is 10.2. The zero-order valence-corrected chi connectivity index (χ0v) is 8.43. The third kappa shape index (κ3) is 1.51. The van der Waals surface area contributed by atoms with Crippen LogP contribution in [0.5, 0.6) is 0 Å². The smallest absolute Gasteiger partial charge is 0.0705 e. The number of rotatable bonds is 2. The fourth-order valence-corrected chi connectivity index (χ4v) is 2.10. The van der Waals surface area contributed by atoms with Crippen molar-refractivity contribution in [1.29, 1.82) is 0 Å². The van der Waals surface area contributed by atoms with E-state index in [0.29, 0.717) is 18.4 Å². The lowest BCUT2D eigenvalue weighted by Gasteiger charge is -2.01. The molecule has 0 spiro atoms. The highest BCUT2D eigenvalue weighted by atomic mass is 16.3. The molecule has 1 aromatic heterocycles. The molecule has 0 amide bonds. The molecule has 3 rings (SSSR count). The summed E-state index contributed by atoms with van der Waals surface area (Å²) in [5.41, 5.74) is 2.19. The average Bonchev–Trinajstić information content (AvgIpc) is 3.08. The Balaban J connectivity index is 2.00. The zero-order chi connectivity index (χ0) is 10.3. The highest BCUT2D eigenvalue weighted by molar-refractivity contribution is 5.78. The van der Waals surface area contributed by atoms with E-state index in [1.807, 2.05) is 18.2 Å². The molecule has 0 saturated heterocycles. The Hall–Kier alpha value is -1.41. The molecule has 2 unspecified atom stereocenters. The highest BCUT2D eigenvalue weighted by Crippen LogP contribution is 2.46. The lowest BCUT2D eigenvalue weighted by molar-refractivity contribution is 0.273. The first-order valence-electron chi connectivity index (χ1n) is 5.35. The molecule has 2 aromatic rings. The minimum atomic E-state index is 0.291. The van der Waals surface area contributed by atoms with E-state index in [-0.39, 0.29) is 0 Å². The maximum atomic E-state index is 9.02. The highest BCUT2D eigenvalue weighted by Gasteiger charge is 2.38. The van der Waals surface area contributed by atoms with Crippen molar-refractivity contribution in [3.63, 3.8) is 0 Å². The van der Waals surface area contributed by atoms with Crippen molar-refractivity contribution < 1.29 is 5.11 Å². The van der Waals surface area contributed by atoms with Gasteiger partial charge < -0.3 is 5.11 Å². The number of nitrogens with zero attached hydrogens (tertiary/aromatic N) is 1. The van der Waals surface area contributed by atoms with Gasteiger partial charge in [0.1, 0.15) is 0 Å². The van der Waals surface area contributed by atoms with Crippen LogP contribution in [0.4, 0.5) is 0 Å². The van der Waals surface area contributed by atoms with Gasteiger partial charge in [-0.3, -0.25) is 4.98 Å². The summed E-state index contributed by atoms with van der Waals surface area (Å²) in [6, 6.07) is 12.3. The van der Waals surface area contributed by atoms with Gasteiger partial charge in [0.2, 0.25) is 0 Å². The zero-order valence-electron chi connectivity index (χ0n) is 8.43. The molecule has 2 nitrogen and oxygen atoms in total. The molecule has 2 heteroatoms. The largest absolute Gasteiger partial charge is 0.396 e. The van der Waals surface area contributed by atoms with Crippen LogP contribution in [-0.2, 0) is 0 Å². The maximum Gasteiger partial charge on any atom is 0.0705 e. The fraction of sp³-hybridized carbons (Fsp3) is 0.308. The molecular formula is C13H13NO.